The van der Waals surface area contributed by atoms with E-state index in [4.69, 9.17) is 9.84 Å². The number of hydrogen-bond acceptors (Lipinski definition) is 3. The molecule has 0 spiro atoms. The van der Waals surface area contributed by atoms with Gasteiger partial charge in [-0.05, 0) is 19.9 Å². The molecule has 76 valence electrons. The van der Waals surface area contributed by atoms with Crippen molar-refractivity contribution in [1.29, 1.82) is 0 Å². The highest BCUT2D eigenvalue weighted by atomic mass is 19.1. The van der Waals surface area contributed by atoms with Crippen molar-refractivity contribution in [3.05, 3.63) is 23.6 Å². The van der Waals surface area contributed by atoms with Gasteiger partial charge in [-0.2, -0.15) is 9.37 Å². The van der Waals surface area contributed by atoms with Gasteiger partial charge in [0.05, 0.1) is 6.10 Å². The lowest BCUT2D eigenvalue weighted by molar-refractivity contribution is 0.0690. The molecule has 4 nitrogen and oxygen atoms in total. The quantitative estimate of drug-likeness (QED) is 0.753. The van der Waals surface area contributed by atoms with Gasteiger partial charge in [-0.3, -0.25) is 0 Å². The van der Waals surface area contributed by atoms with E-state index in [-0.39, 0.29) is 12.0 Å². The average molecular weight is 199 g/mol. The molecule has 0 aliphatic rings. The van der Waals surface area contributed by atoms with Crippen LogP contribution in [-0.4, -0.2) is 22.2 Å². The molecule has 0 saturated carbocycles. The molecule has 1 N–H and O–H groups in total. The van der Waals surface area contributed by atoms with Gasteiger partial charge in [-0.25, -0.2) is 4.79 Å². The van der Waals surface area contributed by atoms with Crippen LogP contribution in [0.15, 0.2) is 12.1 Å². The number of nitrogens with zero attached hydrogens (tertiary/aromatic N) is 1. The zero-order valence-electron chi connectivity index (χ0n) is 7.82. The normalized spacial score (nSPS) is 10.3. The van der Waals surface area contributed by atoms with E-state index in [1.165, 1.54) is 6.07 Å². The second kappa shape index (κ2) is 4.04. The molecule has 1 heterocycles. The number of aromatic nitrogens is 1. The minimum absolute atomic E-state index is 0.0856. The number of ether oxygens (including phenoxy) is 1. The maximum Gasteiger partial charge on any atom is 0.340 e. The molecule has 0 radical (unpaired) electrons. The van der Waals surface area contributed by atoms with Crippen LogP contribution in [0.5, 0.6) is 5.88 Å². The predicted octanol–water partition coefficient (Wildman–Crippen LogP) is 1.71. The number of rotatable bonds is 3. The summed E-state index contributed by atoms with van der Waals surface area (Å²) in [6.45, 7) is 3.54. The predicted molar refractivity (Wildman–Crippen MR) is 46.9 cm³/mol. The van der Waals surface area contributed by atoms with E-state index >= 15 is 0 Å². The highest BCUT2D eigenvalue weighted by Gasteiger charge is 2.12. The van der Waals surface area contributed by atoms with Gasteiger partial charge >= 0.3 is 5.97 Å². The van der Waals surface area contributed by atoms with Gasteiger partial charge in [0.1, 0.15) is 5.56 Å². The standard InChI is InChI=1S/C9H10FNO3/c1-5(2)14-7-4-3-6(9(12)13)8(10)11-7/h3-5H,1-2H3,(H,12,13). The molecule has 0 atom stereocenters. The van der Waals surface area contributed by atoms with Crippen LogP contribution in [-0.2, 0) is 0 Å². The van der Waals surface area contributed by atoms with Gasteiger partial charge in [0, 0.05) is 6.07 Å². The highest BCUT2D eigenvalue weighted by Crippen LogP contribution is 2.13. The van der Waals surface area contributed by atoms with E-state index in [1.807, 2.05) is 0 Å². The molecular formula is C9H10FNO3. The van der Waals surface area contributed by atoms with Crippen molar-refractivity contribution in [2.24, 2.45) is 0 Å². The van der Waals surface area contributed by atoms with Gasteiger partial charge in [-0.15, -0.1) is 0 Å². The lowest BCUT2D eigenvalue weighted by Crippen LogP contribution is -2.09. The molecule has 5 heteroatoms. The van der Waals surface area contributed by atoms with Crippen molar-refractivity contribution in [2.75, 3.05) is 0 Å². The summed E-state index contributed by atoms with van der Waals surface area (Å²) in [7, 11) is 0. The van der Waals surface area contributed by atoms with Crippen LogP contribution >= 0.6 is 0 Å². The van der Waals surface area contributed by atoms with Crippen LogP contribution < -0.4 is 4.74 Å². The Bertz CT molecular complexity index is 352. The molecule has 1 aromatic rings. The monoisotopic (exact) mass is 199 g/mol. The van der Waals surface area contributed by atoms with E-state index in [0.717, 1.165) is 6.07 Å². The summed E-state index contributed by atoms with van der Waals surface area (Å²) in [4.78, 5) is 13.8. The molecule has 0 amide bonds. The molecule has 0 aliphatic carbocycles. The summed E-state index contributed by atoms with van der Waals surface area (Å²) in [5.74, 6) is -2.29. The van der Waals surface area contributed by atoms with E-state index in [9.17, 15) is 9.18 Å². The molecule has 0 aliphatic heterocycles. The smallest absolute Gasteiger partial charge is 0.340 e. The molecule has 0 aromatic carbocycles. The Hall–Kier alpha value is -1.65. The summed E-state index contributed by atoms with van der Waals surface area (Å²) in [6, 6.07) is 2.45. The Kier molecular flexibility index (Phi) is 3.01. The number of carbonyl (C=O) groups is 1. The molecule has 0 unspecified atom stereocenters. The van der Waals surface area contributed by atoms with Crippen molar-refractivity contribution in [1.82, 2.24) is 4.98 Å². The van der Waals surface area contributed by atoms with Crippen LogP contribution in [0.4, 0.5) is 4.39 Å². The van der Waals surface area contributed by atoms with Crippen molar-refractivity contribution in [2.45, 2.75) is 20.0 Å². The first-order valence-corrected chi connectivity index (χ1v) is 4.07. The average Bonchev–Trinajstić information content (AvgIpc) is 2.01. The molecule has 1 rings (SSSR count). The Morgan fingerprint density at radius 1 is 1.57 bits per heavy atom. The number of carboxylic acids is 1. The maximum atomic E-state index is 13.0. The summed E-state index contributed by atoms with van der Waals surface area (Å²) >= 11 is 0. The topological polar surface area (TPSA) is 59.4 Å². The van der Waals surface area contributed by atoms with Crippen molar-refractivity contribution in [3.63, 3.8) is 0 Å². The number of halogens is 1. The second-order valence-electron chi connectivity index (χ2n) is 2.96. The third kappa shape index (κ3) is 2.42. The molecule has 0 fully saturated rings. The van der Waals surface area contributed by atoms with Crippen molar-refractivity contribution >= 4 is 5.97 Å². The van der Waals surface area contributed by atoms with Crippen LogP contribution in [0.3, 0.4) is 0 Å². The van der Waals surface area contributed by atoms with Crippen molar-refractivity contribution < 1.29 is 19.0 Å². The number of aromatic carboxylic acids is 1. The maximum absolute atomic E-state index is 13.0. The number of pyridine rings is 1. The summed E-state index contributed by atoms with van der Waals surface area (Å²) in [5, 5.41) is 8.52. The minimum atomic E-state index is -1.34. The zero-order valence-corrected chi connectivity index (χ0v) is 7.82. The fourth-order valence-electron chi connectivity index (χ4n) is 0.884. The first-order valence-electron chi connectivity index (χ1n) is 4.07. The molecule has 14 heavy (non-hydrogen) atoms. The fraction of sp³-hybridized carbons (Fsp3) is 0.333. The van der Waals surface area contributed by atoms with E-state index < -0.39 is 17.5 Å². The second-order valence-corrected chi connectivity index (χ2v) is 2.96. The van der Waals surface area contributed by atoms with Crippen LogP contribution in [0.25, 0.3) is 0 Å². The first kappa shape index (κ1) is 10.4. The summed E-state index contributed by atoms with van der Waals surface area (Å²) < 4.78 is 18.1. The lowest BCUT2D eigenvalue weighted by atomic mass is 10.3. The highest BCUT2D eigenvalue weighted by molar-refractivity contribution is 5.87. The van der Waals surface area contributed by atoms with E-state index in [1.54, 1.807) is 13.8 Å². The van der Waals surface area contributed by atoms with Gasteiger partial charge in [0.15, 0.2) is 0 Å². The third-order valence-electron chi connectivity index (χ3n) is 1.41. The summed E-state index contributed by atoms with van der Waals surface area (Å²) in [5.41, 5.74) is -0.457. The van der Waals surface area contributed by atoms with Crippen molar-refractivity contribution in [3.8, 4) is 5.88 Å². The third-order valence-corrected chi connectivity index (χ3v) is 1.41. The Labute approximate surface area is 80.3 Å². The zero-order chi connectivity index (χ0) is 10.7. The fourth-order valence-corrected chi connectivity index (χ4v) is 0.884. The van der Waals surface area contributed by atoms with Crippen LogP contribution in [0.1, 0.15) is 24.2 Å². The largest absolute Gasteiger partial charge is 0.478 e. The van der Waals surface area contributed by atoms with E-state index in [0.29, 0.717) is 0 Å². The van der Waals surface area contributed by atoms with Crippen LogP contribution in [0, 0.1) is 5.95 Å². The van der Waals surface area contributed by atoms with Crippen LogP contribution in [0.2, 0.25) is 0 Å². The van der Waals surface area contributed by atoms with Gasteiger partial charge < -0.3 is 9.84 Å². The lowest BCUT2D eigenvalue weighted by Gasteiger charge is -2.08. The van der Waals surface area contributed by atoms with Gasteiger partial charge in [0.2, 0.25) is 11.8 Å². The van der Waals surface area contributed by atoms with Gasteiger partial charge in [-0.1, -0.05) is 0 Å². The number of carboxylic acid groups (broad SMARTS) is 1. The first-order chi connectivity index (χ1) is 6.50. The number of hydrogen-bond donors (Lipinski definition) is 1. The minimum Gasteiger partial charge on any atom is -0.478 e. The Morgan fingerprint density at radius 2 is 2.21 bits per heavy atom. The summed E-state index contributed by atoms with van der Waals surface area (Å²) in [6.07, 6.45) is -0.127. The SMILES string of the molecule is CC(C)Oc1ccc(C(=O)O)c(F)n1. The Balaban J connectivity index is 2.94. The molecular weight excluding hydrogens is 189 g/mol. The van der Waals surface area contributed by atoms with E-state index in [2.05, 4.69) is 4.98 Å². The van der Waals surface area contributed by atoms with Gasteiger partial charge in [0.25, 0.3) is 0 Å². The Morgan fingerprint density at radius 3 is 2.64 bits per heavy atom. The molecule has 0 saturated heterocycles. The molecule has 0 bridgehead atoms. The molecule has 1 aromatic heterocycles.